The highest BCUT2D eigenvalue weighted by Crippen LogP contribution is 2.34. The molecule has 114 valence electrons. The molecule has 0 bridgehead atoms. The molecule has 0 saturated carbocycles. The molecule has 0 radical (unpaired) electrons. The van der Waals surface area contributed by atoms with Crippen molar-refractivity contribution in [1.29, 1.82) is 0 Å². The summed E-state index contributed by atoms with van der Waals surface area (Å²) in [5.74, 6) is 0. The first kappa shape index (κ1) is 15.3. The van der Waals surface area contributed by atoms with E-state index in [0.29, 0.717) is 0 Å². The monoisotopic (exact) mass is 298 g/mol. The number of rotatable bonds is 1. The predicted molar refractivity (Wildman–Crippen MR) is 103 cm³/mol. The Kier molecular flexibility index (Phi) is 4.43. The summed E-state index contributed by atoms with van der Waals surface area (Å²) in [7, 11) is 0. The molecule has 0 amide bonds. The predicted octanol–water partition coefficient (Wildman–Crippen LogP) is 6.99. The first-order valence-electron chi connectivity index (χ1n) is 8.31. The van der Waals surface area contributed by atoms with Crippen molar-refractivity contribution >= 4 is 21.5 Å². The lowest BCUT2D eigenvalue weighted by Crippen LogP contribution is -1.85. The summed E-state index contributed by atoms with van der Waals surface area (Å²) < 4.78 is 0. The third-order valence-corrected chi connectivity index (χ3v) is 4.22. The normalized spacial score (nSPS) is 10.4. The summed E-state index contributed by atoms with van der Waals surface area (Å²) in [5.41, 5.74) is 3.95. The highest BCUT2D eigenvalue weighted by molar-refractivity contribution is 6.12. The van der Waals surface area contributed by atoms with Crippen molar-refractivity contribution in [1.82, 2.24) is 0 Å². The molecule has 0 unspecified atom stereocenters. The fraction of sp³-hybridized carbons (Fsp3) is 0.130. The Morgan fingerprint density at radius 1 is 0.478 bits per heavy atom. The fourth-order valence-corrected chi connectivity index (χ4v) is 3.15. The van der Waals surface area contributed by atoms with E-state index in [-0.39, 0.29) is 0 Å². The second-order valence-corrected chi connectivity index (χ2v) is 5.50. The Bertz CT molecular complexity index is 948. The Morgan fingerprint density at radius 3 is 1.96 bits per heavy atom. The molecule has 0 N–H and O–H groups in total. The topological polar surface area (TPSA) is 0 Å². The van der Waals surface area contributed by atoms with E-state index in [1.54, 1.807) is 0 Å². The van der Waals surface area contributed by atoms with E-state index in [1.807, 2.05) is 13.8 Å². The van der Waals surface area contributed by atoms with Crippen LogP contribution in [0.5, 0.6) is 0 Å². The van der Waals surface area contributed by atoms with Gasteiger partial charge in [0.15, 0.2) is 0 Å². The second-order valence-electron chi connectivity index (χ2n) is 5.50. The molecule has 0 saturated heterocycles. The van der Waals surface area contributed by atoms with E-state index < -0.39 is 0 Å². The standard InChI is InChI=1S/C21H16.C2H6/c1-15-7-2-4-9-17(15)19-11-6-12-20-18-10-5-3-8-16(18)13-14-21(19)20;1-2/h2-14H,1H3;1-2H3. The van der Waals surface area contributed by atoms with Crippen LogP contribution in [-0.2, 0) is 0 Å². The van der Waals surface area contributed by atoms with Crippen molar-refractivity contribution in [2.75, 3.05) is 0 Å². The van der Waals surface area contributed by atoms with Crippen molar-refractivity contribution in [2.24, 2.45) is 0 Å². The Balaban J connectivity index is 0.000000753. The summed E-state index contributed by atoms with van der Waals surface area (Å²) in [6, 6.07) is 28.3. The van der Waals surface area contributed by atoms with Gasteiger partial charge in [-0.2, -0.15) is 0 Å². The highest BCUT2D eigenvalue weighted by atomic mass is 14.1. The van der Waals surface area contributed by atoms with Crippen molar-refractivity contribution in [3.05, 3.63) is 84.4 Å². The van der Waals surface area contributed by atoms with Crippen LogP contribution in [0.1, 0.15) is 19.4 Å². The van der Waals surface area contributed by atoms with Crippen LogP contribution >= 0.6 is 0 Å². The van der Waals surface area contributed by atoms with Crippen LogP contribution < -0.4 is 0 Å². The van der Waals surface area contributed by atoms with Crippen LogP contribution in [0.3, 0.4) is 0 Å². The Hall–Kier alpha value is -2.60. The smallest absolute Gasteiger partial charge is 0.00989 e. The molecule has 0 heteroatoms. The summed E-state index contributed by atoms with van der Waals surface area (Å²) >= 11 is 0. The average molecular weight is 298 g/mol. The molecular weight excluding hydrogens is 276 g/mol. The van der Waals surface area contributed by atoms with E-state index in [0.717, 1.165) is 0 Å². The van der Waals surface area contributed by atoms with Crippen LogP contribution in [0.2, 0.25) is 0 Å². The SMILES string of the molecule is CC.Cc1ccccc1-c1cccc2c1ccc1ccccc12. The van der Waals surface area contributed by atoms with Gasteiger partial charge in [-0.25, -0.2) is 0 Å². The van der Waals surface area contributed by atoms with Crippen LogP contribution in [0, 0.1) is 6.92 Å². The van der Waals surface area contributed by atoms with E-state index in [4.69, 9.17) is 0 Å². The Labute approximate surface area is 138 Å². The van der Waals surface area contributed by atoms with Gasteiger partial charge in [-0.05, 0) is 45.2 Å². The second kappa shape index (κ2) is 6.66. The molecule has 0 fully saturated rings. The van der Waals surface area contributed by atoms with Gasteiger partial charge >= 0.3 is 0 Å². The maximum atomic E-state index is 2.25. The lowest BCUT2D eigenvalue weighted by atomic mass is 9.93. The fourth-order valence-electron chi connectivity index (χ4n) is 3.15. The molecule has 0 aliphatic heterocycles. The number of hydrogen-bond donors (Lipinski definition) is 0. The van der Waals surface area contributed by atoms with Gasteiger partial charge in [-0.3, -0.25) is 0 Å². The van der Waals surface area contributed by atoms with Gasteiger partial charge in [0.05, 0.1) is 0 Å². The molecule has 4 rings (SSSR count). The summed E-state index contributed by atoms with van der Waals surface area (Å²) in [4.78, 5) is 0. The molecule has 4 aromatic carbocycles. The minimum atomic E-state index is 1.30. The number of hydrogen-bond acceptors (Lipinski definition) is 0. The number of fused-ring (bicyclic) bond motifs is 3. The quantitative estimate of drug-likeness (QED) is 0.332. The zero-order valence-corrected chi connectivity index (χ0v) is 14.0. The zero-order valence-electron chi connectivity index (χ0n) is 14.0. The molecule has 0 aliphatic rings. The molecule has 0 heterocycles. The third-order valence-electron chi connectivity index (χ3n) is 4.22. The number of benzene rings is 4. The van der Waals surface area contributed by atoms with Crippen LogP contribution in [-0.4, -0.2) is 0 Å². The molecule has 0 aliphatic carbocycles. The molecular formula is C23H22. The molecule has 4 aromatic rings. The third kappa shape index (κ3) is 2.73. The summed E-state index contributed by atoms with van der Waals surface area (Å²) in [6.45, 7) is 6.18. The zero-order chi connectivity index (χ0) is 16.2. The van der Waals surface area contributed by atoms with Crippen LogP contribution in [0.25, 0.3) is 32.7 Å². The summed E-state index contributed by atoms with van der Waals surface area (Å²) in [6.07, 6.45) is 0. The van der Waals surface area contributed by atoms with Crippen LogP contribution in [0.4, 0.5) is 0 Å². The molecule has 0 spiro atoms. The first-order valence-corrected chi connectivity index (χ1v) is 8.31. The first-order chi connectivity index (χ1) is 11.3. The van der Waals surface area contributed by atoms with Gasteiger partial charge in [0, 0.05) is 0 Å². The van der Waals surface area contributed by atoms with Crippen molar-refractivity contribution in [3.63, 3.8) is 0 Å². The minimum Gasteiger partial charge on any atom is -0.0683 e. The van der Waals surface area contributed by atoms with Gasteiger partial charge in [0.25, 0.3) is 0 Å². The van der Waals surface area contributed by atoms with Gasteiger partial charge < -0.3 is 0 Å². The van der Waals surface area contributed by atoms with Gasteiger partial charge in [0.1, 0.15) is 0 Å². The maximum Gasteiger partial charge on any atom is -0.00989 e. The van der Waals surface area contributed by atoms with Gasteiger partial charge in [-0.15, -0.1) is 0 Å². The van der Waals surface area contributed by atoms with Crippen molar-refractivity contribution < 1.29 is 0 Å². The van der Waals surface area contributed by atoms with E-state index in [2.05, 4.69) is 85.8 Å². The van der Waals surface area contributed by atoms with Crippen molar-refractivity contribution in [3.8, 4) is 11.1 Å². The van der Waals surface area contributed by atoms with Gasteiger partial charge in [0.2, 0.25) is 0 Å². The minimum absolute atomic E-state index is 1.30. The number of aryl methyl sites for hydroxylation is 1. The largest absolute Gasteiger partial charge is 0.0683 e. The average Bonchev–Trinajstić information content (AvgIpc) is 2.63. The van der Waals surface area contributed by atoms with Crippen molar-refractivity contribution in [2.45, 2.75) is 20.8 Å². The molecule has 0 nitrogen and oxygen atoms in total. The maximum absolute atomic E-state index is 2.25. The van der Waals surface area contributed by atoms with E-state index >= 15 is 0 Å². The van der Waals surface area contributed by atoms with E-state index in [9.17, 15) is 0 Å². The molecule has 0 atom stereocenters. The Morgan fingerprint density at radius 2 is 1.13 bits per heavy atom. The van der Waals surface area contributed by atoms with E-state index in [1.165, 1.54) is 38.2 Å². The summed E-state index contributed by atoms with van der Waals surface area (Å²) in [5, 5.41) is 5.27. The highest BCUT2D eigenvalue weighted by Gasteiger charge is 2.07. The lowest BCUT2D eigenvalue weighted by Gasteiger charge is -2.11. The molecule has 23 heavy (non-hydrogen) atoms. The van der Waals surface area contributed by atoms with Crippen LogP contribution in [0.15, 0.2) is 78.9 Å². The van der Waals surface area contributed by atoms with Gasteiger partial charge in [-0.1, -0.05) is 92.7 Å². The molecule has 0 aromatic heterocycles. The lowest BCUT2D eigenvalue weighted by molar-refractivity contribution is 1.47.